The van der Waals surface area contributed by atoms with E-state index in [2.05, 4.69) is 15.1 Å². The summed E-state index contributed by atoms with van der Waals surface area (Å²) in [6, 6.07) is 1.81. The van der Waals surface area contributed by atoms with Gasteiger partial charge in [-0.05, 0) is 19.9 Å². The zero-order valence-electron chi connectivity index (χ0n) is 10.8. The molecule has 0 bridgehead atoms. The first-order valence-corrected chi connectivity index (χ1v) is 5.90. The number of hydrogen-bond donors (Lipinski definition) is 1. The predicted octanol–water partition coefficient (Wildman–Crippen LogP) is 1.21. The number of aromatic amines is 1. The van der Waals surface area contributed by atoms with E-state index in [-0.39, 0.29) is 5.91 Å². The number of aryl methyl sites for hydroxylation is 2. The predicted molar refractivity (Wildman–Crippen MR) is 67.0 cm³/mol. The summed E-state index contributed by atoms with van der Waals surface area (Å²) in [6.45, 7) is 4.99. The molecule has 0 radical (unpaired) electrons. The third kappa shape index (κ3) is 2.42. The fourth-order valence-electron chi connectivity index (χ4n) is 1.84. The van der Waals surface area contributed by atoms with Gasteiger partial charge < -0.3 is 9.88 Å². The Morgan fingerprint density at radius 3 is 2.94 bits per heavy atom. The summed E-state index contributed by atoms with van der Waals surface area (Å²) < 4.78 is 1.72. The van der Waals surface area contributed by atoms with Gasteiger partial charge in [-0.2, -0.15) is 5.10 Å². The van der Waals surface area contributed by atoms with Crippen molar-refractivity contribution in [3.63, 3.8) is 0 Å². The second-order valence-electron chi connectivity index (χ2n) is 4.18. The van der Waals surface area contributed by atoms with Crippen molar-refractivity contribution >= 4 is 5.91 Å². The van der Waals surface area contributed by atoms with E-state index < -0.39 is 0 Å². The van der Waals surface area contributed by atoms with E-state index in [1.54, 1.807) is 29.0 Å². The van der Waals surface area contributed by atoms with Gasteiger partial charge in [0.15, 0.2) is 0 Å². The van der Waals surface area contributed by atoms with Gasteiger partial charge in [0.1, 0.15) is 11.5 Å². The van der Waals surface area contributed by atoms with Crippen LogP contribution in [0.15, 0.2) is 18.5 Å². The standard InChI is InChI=1S/C12H17N5O/c1-4-17-10(7-9(2)15-17)12(18)16(3)8-11-13-5-6-14-11/h5-7H,4,8H2,1-3H3,(H,13,14). The van der Waals surface area contributed by atoms with Crippen LogP contribution in [0.25, 0.3) is 0 Å². The molecule has 0 atom stereocenters. The molecule has 96 valence electrons. The lowest BCUT2D eigenvalue weighted by atomic mass is 10.3. The van der Waals surface area contributed by atoms with Crippen molar-refractivity contribution in [3.8, 4) is 0 Å². The summed E-state index contributed by atoms with van der Waals surface area (Å²) in [4.78, 5) is 21.0. The maximum absolute atomic E-state index is 12.3. The van der Waals surface area contributed by atoms with Crippen LogP contribution in [0.1, 0.15) is 28.9 Å². The van der Waals surface area contributed by atoms with Crippen LogP contribution in [0.5, 0.6) is 0 Å². The van der Waals surface area contributed by atoms with Crippen molar-refractivity contribution in [1.82, 2.24) is 24.6 Å². The molecule has 0 fully saturated rings. The molecule has 0 aromatic carbocycles. The van der Waals surface area contributed by atoms with Gasteiger partial charge in [0.25, 0.3) is 5.91 Å². The van der Waals surface area contributed by atoms with Crippen LogP contribution >= 0.6 is 0 Å². The van der Waals surface area contributed by atoms with E-state index in [4.69, 9.17) is 0 Å². The Labute approximate surface area is 106 Å². The third-order valence-electron chi connectivity index (χ3n) is 2.71. The summed E-state index contributed by atoms with van der Waals surface area (Å²) in [7, 11) is 1.76. The lowest BCUT2D eigenvalue weighted by Crippen LogP contribution is -2.28. The fraction of sp³-hybridized carbons (Fsp3) is 0.417. The molecule has 2 rings (SSSR count). The maximum Gasteiger partial charge on any atom is 0.272 e. The van der Waals surface area contributed by atoms with Gasteiger partial charge in [-0.25, -0.2) is 4.98 Å². The number of imidazole rings is 1. The molecule has 0 aliphatic carbocycles. The molecule has 1 N–H and O–H groups in total. The van der Waals surface area contributed by atoms with Gasteiger partial charge >= 0.3 is 0 Å². The van der Waals surface area contributed by atoms with Gasteiger partial charge in [0.05, 0.1) is 12.2 Å². The van der Waals surface area contributed by atoms with Crippen LogP contribution in [0.4, 0.5) is 0 Å². The Morgan fingerprint density at radius 2 is 2.33 bits per heavy atom. The zero-order valence-corrected chi connectivity index (χ0v) is 10.8. The highest BCUT2D eigenvalue weighted by Gasteiger charge is 2.18. The van der Waals surface area contributed by atoms with Gasteiger partial charge in [0.2, 0.25) is 0 Å². The van der Waals surface area contributed by atoms with Gasteiger partial charge in [-0.1, -0.05) is 0 Å². The molecule has 2 heterocycles. The molecule has 2 aromatic rings. The summed E-state index contributed by atoms with van der Waals surface area (Å²) in [5.74, 6) is 0.721. The van der Waals surface area contributed by atoms with Gasteiger partial charge in [0, 0.05) is 26.0 Å². The highest BCUT2D eigenvalue weighted by atomic mass is 16.2. The highest BCUT2D eigenvalue weighted by Crippen LogP contribution is 2.08. The van der Waals surface area contributed by atoms with Crippen LogP contribution in [-0.4, -0.2) is 37.6 Å². The molecule has 2 aromatic heterocycles. The van der Waals surface area contributed by atoms with E-state index in [0.717, 1.165) is 11.5 Å². The van der Waals surface area contributed by atoms with Crippen LogP contribution in [-0.2, 0) is 13.1 Å². The molecular weight excluding hydrogens is 230 g/mol. The van der Waals surface area contributed by atoms with Crippen molar-refractivity contribution in [2.45, 2.75) is 26.9 Å². The summed E-state index contributed by atoms with van der Waals surface area (Å²) in [5, 5.41) is 4.28. The minimum atomic E-state index is -0.0474. The molecule has 0 saturated carbocycles. The van der Waals surface area contributed by atoms with Crippen molar-refractivity contribution in [3.05, 3.63) is 35.7 Å². The smallest absolute Gasteiger partial charge is 0.272 e. The normalized spacial score (nSPS) is 10.6. The number of nitrogens with one attached hydrogen (secondary N) is 1. The van der Waals surface area contributed by atoms with Crippen LogP contribution < -0.4 is 0 Å². The van der Waals surface area contributed by atoms with Gasteiger partial charge in [-0.15, -0.1) is 0 Å². The second-order valence-corrected chi connectivity index (χ2v) is 4.18. The minimum absolute atomic E-state index is 0.0474. The van der Waals surface area contributed by atoms with E-state index in [1.165, 1.54) is 0 Å². The Hall–Kier alpha value is -2.11. The highest BCUT2D eigenvalue weighted by molar-refractivity contribution is 5.92. The number of aromatic nitrogens is 4. The largest absolute Gasteiger partial charge is 0.347 e. The van der Waals surface area contributed by atoms with E-state index in [1.807, 2.05) is 19.9 Å². The topological polar surface area (TPSA) is 66.8 Å². The number of amides is 1. The van der Waals surface area contributed by atoms with Crippen LogP contribution in [0.3, 0.4) is 0 Å². The molecule has 0 aliphatic rings. The lowest BCUT2D eigenvalue weighted by molar-refractivity contribution is 0.0769. The van der Waals surface area contributed by atoms with E-state index >= 15 is 0 Å². The van der Waals surface area contributed by atoms with Crippen molar-refractivity contribution in [2.24, 2.45) is 0 Å². The van der Waals surface area contributed by atoms with Crippen molar-refractivity contribution in [1.29, 1.82) is 0 Å². The lowest BCUT2D eigenvalue weighted by Gasteiger charge is -2.16. The Kier molecular flexibility index (Phi) is 3.45. The van der Waals surface area contributed by atoms with Crippen LogP contribution in [0.2, 0.25) is 0 Å². The van der Waals surface area contributed by atoms with E-state index in [9.17, 15) is 4.79 Å². The number of carbonyl (C=O) groups is 1. The molecule has 0 aliphatic heterocycles. The number of rotatable bonds is 4. The summed E-state index contributed by atoms with van der Waals surface area (Å²) in [6.07, 6.45) is 3.42. The number of H-pyrrole nitrogens is 1. The molecule has 0 unspecified atom stereocenters. The minimum Gasteiger partial charge on any atom is -0.347 e. The molecule has 6 heteroatoms. The first kappa shape index (κ1) is 12.3. The summed E-state index contributed by atoms with van der Waals surface area (Å²) in [5.41, 5.74) is 1.47. The zero-order chi connectivity index (χ0) is 13.1. The average molecular weight is 247 g/mol. The Morgan fingerprint density at radius 1 is 1.56 bits per heavy atom. The van der Waals surface area contributed by atoms with E-state index in [0.29, 0.717) is 18.8 Å². The number of hydrogen-bond acceptors (Lipinski definition) is 3. The SMILES string of the molecule is CCn1nc(C)cc1C(=O)N(C)Cc1ncc[nH]1. The molecule has 18 heavy (non-hydrogen) atoms. The first-order chi connectivity index (χ1) is 8.61. The van der Waals surface area contributed by atoms with Crippen molar-refractivity contribution < 1.29 is 4.79 Å². The number of nitrogens with zero attached hydrogens (tertiary/aromatic N) is 4. The quantitative estimate of drug-likeness (QED) is 0.883. The number of carbonyl (C=O) groups excluding carboxylic acids is 1. The molecule has 0 saturated heterocycles. The first-order valence-electron chi connectivity index (χ1n) is 5.90. The Bertz CT molecular complexity index is 529. The molecular formula is C12H17N5O. The van der Waals surface area contributed by atoms with Gasteiger partial charge in [-0.3, -0.25) is 9.48 Å². The summed E-state index contributed by atoms with van der Waals surface area (Å²) >= 11 is 0. The molecule has 0 spiro atoms. The fourth-order valence-corrected chi connectivity index (χ4v) is 1.84. The molecule has 1 amide bonds. The maximum atomic E-state index is 12.3. The van der Waals surface area contributed by atoms with Crippen molar-refractivity contribution in [2.75, 3.05) is 7.05 Å². The average Bonchev–Trinajstić information content (AvgIpc) is 2.97. The second kappa shape index (κ2) is 5.03. The third-order valence-corrected chi connectivity index (χ3v) is 2.71. The molecule has 6 nitrogen and oxygen atoms in total. The Balaban J connectivity index is 2.15. The monoisotopic (exact) mass is 247 g/mol. The van der Waals surface area contributed by atoms with Crippen LogP contribution in [0, 0.1) is 6.92 Å².